The third-order valence-electron chi connectivity index (χ3n) is 9.86. The summed E-state index contributed by atoms with van der Waals surface area (Å²) in [5.41, 5.74) is -0.0847. The molecule has 4 atom stereocenters. The lowest BCUT2D eigenvalue weighted by molar-refractivity contribution is -0.143. The van der Waals surface area contributed by atoms with E-state index in [2.05, 4.69) is 41.9 Å². The maximum Gasteiger partial charge on any atom is 0.408 e. The van der Waals surface area contributed by atoms with E-state index in [9.17, 15) is 28.8 Å². The van der Waals surface area contributed by atoms with Crippen molar-refractivity contribution >= 4 is 59.0 Å². The lowest BCUT2D eigenvalue weighted by atomic mass is 9.83. The first kappa shape index (κ1) is 42.0. The third-order valence-corrected chi connectivity index (χ3v) is 13.2. The molecule has 5 rings (SSSR count). The number of hydrogen-bond donors (Lipinski definition) is 5. The average Bonchev–Trinajstić information content (AvgIpc) is 3.84. The molecule has 3 fully saturated rings. The Morgan fingerprint density at radius 1 is 0.982 bits per heavy atom. The summed E-state index contributed by atoms with van der Waals surface area (Å²) in [6.45, 7) is 6.88. The molecular weight excluding hydrogens is 747 g/mol. The number of hydrogen-bond acceptors (Lipinski definition) is 12. The molecular formula is C37H53N9O7S2. The predicted molar refractivity (Wildman–Crippen MR) is 208 cm³/mol. The zero-order valence-corrected chi connectivity index (χ0v) is 33.6. The first-order valence-electron chi connectivity index (χ1n) is 19.1. The molecule has 1 spiro atoms. The highest BCUT2D eigenvalue weighted by Crippen LogP contribution is 2.50. The van der Waals surface area contributed by atoms with Crippen LogP contribution in [0.5, 0.6) is 0 Å². The fourth-order valence-corrected chi connectivity index (χ4v) is 10.6. The standard InChI is InChI=1S/C37H53N9O7S2/c1-5-13-25(30(48)33(50)38-21-27(47)40-28(31-42-44-45-43-31)23-14-8-6-9-15-23)39-32(49)26-20-37(54-18-12-19-55-37)22-46(26)34(51)29(24-16-10-7-11-17-24)41-35(52)53-36(2,3)4/h6,8-9,14-15,24-26,28-29H,5,7,10-13,16-22H2,1-4H3,(H,38,50)(H,39,49)(H,40,47)(H,41,52)(H,42,43,44,45). The number of alkyl carbamates (subject to hydrolysis) is 1. The van der Waals surface area contributed by atoms with Crippen molar-refractivity contribution in [1.82, 2.24) is 46.8 Å². The van der Waals surface area contributed by atoms with E-state index in [1.54, 1.807) is 73.5 Å². The highest BCUT2D eigenvalue weighted by Gasteiger charge is 2.52. The second kappa shape index (κ2) is 19.1. The number of benzene rings is 1. The number of amides is 5. The van der Waals surface area contributed by atoms with Crippen LogP contribution < -0.4 is 21.3 Å². The topological polar surface area (TPSA) is 217 Å². The van der Waals surface area contributed by atoms with E-state index in [1.807, 2.05) is 13.0 Å². The average molecular weight is 800 g/mol. The van der Waals surface area contributed by atoms with Crippen molar-refractivity contribution in [2.45, 2.75) is 119 Å². The Hall–Kier alpha value is -4.19. The molecule has 3 aliphatic rings. The van der Waals surface area contributed by atoms with Crippen molar-refractivity contribution in [3.8, 4) is 0 Å². The molecule has 16 nitrogen and oxygen atoms in total. The molecule has 0 bridgehead atoms. The van der Waals surface area contributed by atoms with E-state index in [1.165, 1.54) is 0 Å². The summed E-state index contributed by atoms with van der Waals surface area (Å²) in [4.78, 5) is 83.2. The van der Waals surface area contributed by atoms with Crippen molar-refractivity contribution in [2.75, 3.05) is 24.6 Å². The molecule has 2 aliphatic heterocycles. The van der Waals surface area contributed by atoms with Gasteiger partial charge >= 0.3 is 6.09 Å². The Bertz CT molecular complexity index is 1650. The molecule has 0 radical (unpaired) electrons. The molecule has 55 heavy (non-hydrogen) atoms. The van der Waals surface area contributed by atoms with Gasteiger partial charge in [-0.25, -0.2) is 4.79 Å². The van der Waals surface area contributed by atoms with Crippen molar-refractivity contribution in [3.63, 3.8) is 0 Å². The number of H-pyrrole nitrogens is 1. The number of thioether (sulfide) groups is 2. The van der Waals surface area contributed by atoms with Crippen LogP contribution in [-0.4, -0.2) is 113 Å². The maximum atomic E-state index is 14.6. The van der Waals surface area contributed by atoms with Crippen LogP contribution in [-0.2, 0) is 28.7 Å². The quantitative estimate of drug-likeness (QED) is 0.174. The minimum Gasteiger partial charge on any atom is -0.444 e. The van der Waals surface area contributed by atoms with Gasteiger partial charge in [0, 0.05) is 13.0 Å². The second-order valence-corrected chi connectivity index (χ2v) is 18.5. The highest BCUT2D eigenvalue weighted by molar-refractivity contribution is 8.18. The Morgan fingerprint density at radius 2 is 1.69 bits per heavy atom. The van der Waals surface area contributed by atoms with Crippen LogP contribution in [0.1, 0.15) is 103 Å². The van der Waals surface area contributed by atoms with Crippen LogP contribution in [0.25, 0.3) is 0 Å². The molecule has 1 aromatic heterocycles. The summed E-state index contributed by atoms with van der Waals surface area (Å²) >= 11 is 3.46. The summed E-state index contributed by atoms with van der Waals surface area (Å²) in [6, 6.07) is 5.20. The zero-order valence-electron chi connectivity index (χ0n) is 31.9. The van der Waals surface area contributed by atoms with E-state index in [4.69, 9.17) is 4.74 Å². The first-order chi connectivity index (χ1) is 26.3. The zero-order chi connectivity index (χ0) is 39.6. The van der Waals surface area contributed by atoms with Crippen molar-refractivity contribution in [1.29, 1.82) is 0 Å². The SMILES string of the molecule is CCCC(NC(=O)C1CC2(CN1C(=O)C(NC(=O)OC(C)(C)C)C1CCCCC1)SCCCS2)C(=O)C(=O)NCC(=O)NC(c1ccccc1)c1nn[nH]n1. The van der Waals surface area contributed by atoms with Gasteiger partial charge in [0.1, 0.15) is 23.7 Å². The number of carbonyl (C=O) groups excluding carboxylic acids is 6. The number of ketones is 1. The van der Waals surface area contributed by atoms with E-state index in [-0.39, 0.29) is 24.1 Å². The van der Waals surface area contributed by atoms with Gasteiger partial charge in [0.05, 0.1) is 16.7 Å². The van der Waals surface area contributed by atoms with Gasteiger partial charge in [-0.15, -0.1) is 33.7 Å². The van der Waals surface area contributed by atoms with E-state index < -0.39 is 70.0 Å². The number of nitrogens with one attached hydrogen (secondary N) is 5. The fourth-order valence-electron chi connectivity index (χ4n) is 7.27. The van der Waals surface area contributed by atoms with Gasteiger partial charge in [0.15, 0.2) is 0 Å². The molecule has 3 heterocycles. The van der Waals surface area contributed by atoms with Gasteiger partial charge in [-0.3, -0.25) is 24.0 Å². The Kier molecular flexibility index (Phi) is 14.6. The molecule has 300 valence electrons. The number of Topliss-reactive ketones (excluding diaryl/α,β-unsaturated/α-hetero) is 1. The molecule has 2 saturated heterocycles. The lowest BCUT2D eigenvalue weighted by Crippen LogP contribution is -2.58. The van der Waals surface area contributed by atoms with E-state index in [0.29, 0.717) is 24.9 Å². The number of carbonyl (C=O) groups is 6. The minimum atomic E-state index is -1.19. The van der Waals surface area contributed by atoms with Crippen molar-refractivity contribution in [2.24, 2.45) is 5.92 Å². The predicted octanol–water partition coefficient (Wildman–Crippen LogP) is 3.02. The van der Waals surface area contributed by atoms with Gasteiger partial charge in [-0.05, 0) is 69.4 Å². The molecule has 18 heteroatoms. The molecule has 1 aliphatic carbocycles. The Morgan fingerprint density at radius 3 is 2.33 bits per heavy atom. The highest BCUT2D eigenvalue weighted by atomic mass is 32.2. The summed E-state index contributed by atoms with van der Waals surface area (Å²) in [5, 5.41) is 24.7. The summed E-state index contributed by atoms with van der Waals surface area (Å²) in [6.07, 6.45) is 5.75. The normalized spacial score (nSPS) is 20.1. The van der Waals surface area contributed by atoms with Crippen molar-refractivity contribution in [3.05, 3.63) is 41.7 Å². The summed E-state index contributed by atoms with van der Waals surface area (Å²) < 4.78 is 5.13. The lowest BCUT2D eigenvalue weighted by Gasteiger charge is -2.36. The van der Waals surface area contributed by atoms with Gasteiger partial charge in [-0.1, -0.05) is 68.2 Å². The van der Waals surface area contributed by atoms with Gasteiger partial charge in [0.25, 0.3) is 5.91 Å². The molecule has 5 amide bonds. The van der Waals surface area contributed by atoms with Crippen LogP contribution in [0.3, 0.4) is 0 Å². The van der Waals surface area contributed by atoms with Crippen LogP contribution in [0.15, 0.2) is 30.3 Å². The van der Waals surface area contributed by atoms with Crippen LogP contribution in [0.4, 0.5) is 4.79 Å². The molecule has 1 aromatic carbocycles. The largest absolute Gasteiger partial charge is 0.444 e. The van der Waals surface area contributed by atoms with Gasteiger partial charge in [0.2, 0.25) is 29.3 Å². The van der Waals surface area contributed by atoms with Crippen LogP contribution in [0.2, 0.25) is 0 Å². The monoisotopic (exact) mass is 799 g/mol. The minimum absolute atomic E-state index is 0.119. The second-order valence-electron chi connectivity index (χ2n) is 15.2. The summed E-state index contributed by atoms with van der Waals surface area (Å²) in [5.74, 6) is -1.56. The van der Waals surface area contributed by atoms with E-state index >= 15 is 0 Å². The number of likely N-dealkylation sites (tertiary alicyclic amines) is 1. The third kappa shape index (κ3) is 11.4. The van der Waals surface area contributed by atoms with Gasteiger partial charge in [-0.2, -0.15) is 5.21 Å². The molecule has 4 unspecified atom stereocenters. The maximum absolute atomic E-state index is 14.6. The fraction of sp³-hybridized carbons (Fsp3) is 0.649. The Labute approximate surface area is 329 Å². The smallest absolute Gasteiger partial charge is 0.408 e. The van der Waals surface area contributed by atoms with Crippen LogP contribution in [0, 0.1) is 5.92 Å². The van der Waals surface area contributed by atoms with E-state index in [0.717, 1.165) is 50.0 Å². The molecule has 2 aromatic rings. The number of rotatable bonds is 14. The summed E-state index contributed by atoms with van der Waals surface area (Å²) in [7, 11) is 0. The number of ether oxygens (including phenoxy) is 1. The molecule has 1 saturated carbocycles. The number of aromatic amines is 1. The van der Waals surface area contributed by atoms with Crippen LogP contribution >= 0.6 is 23.5 Å². The number of aromatic nitrogens is 4. The Balaban J connectivity index is 1.28. The first-order valence-corrected chi connectivity index (χ1v) is 21.0. The molecule has 5 N–H and O–H groups in total. The van der Waals surface area contributed by atoms with Crippen molar-refractivity contribution < 1.29 is 33.5 Å². The van der Waals surface area contributed by atoms with Gasteiger partial charge < -0.3 is 30.9 Å². The number of tetrazole rings is 1. The number of nitrogens with zero attached hydrogens (tertiary/aromatic N) is 4.